The van der Waals surface area contributed by atoms with Crippen LogP contribution in [0.1, 0.15) is 48.2 Å². The monoisotopic (exact) mass is 488 g/mol. The number of nitrogens with one attached hydrogen (secondary N) is 1. The Labute approximate surface area is 212 Å². The Balaban J connectivity index is 1.23. The van der Waals surface area contributed by atoms with Gasteiger partial charge in [-0.25, -0.2) is 9.67 Å². The van der Waals surface area contributed by atoms with E-state index in [4.69, 9.17) is 9.72 Å². The molecule has 0 aliphatic rings. The van der Waals surface area contributed by atoms with Crippen LogP contribution in [0.5, 0.6) is 5.88 Å². The van der Waals surface area contributed by atoms with E-state index in [0.717, 1.165) is 77.0 Å². The molecule has 4 rings (SSSR count). The number of carbonyl (C=O) groups is 1. The van der Waals surface area contributed by atoms with E-state index in [9.17, 15) is 4.79 Å². The normalized spacial score (nSPS) is 11.2. The van der Waals surface area contributed by atoms with Crippen molar-refractivity contribution in [2.45, 2.75) is 52.4 Å². The maximum atomic E-state index is 12.8. The van der Waals surface area contributed by atoms with Crippen LogP contribution in [0.2, 0.25) is 0 Å². The van der Waals surface area contributed by atoms with Crippen LogP contribution in [0, 0.1) is 13.8 Å². The smallest absolute Gasteiger partial charge is 0.242 e. The number of aryl methyl sites for hydroxylation is 4. The molecule has 0 radical (unpaired) electrons. The molecular weight excluding hydrogens is 452 g/mol. The Morgan fingerprint density at radius 1 is 1.11 bits per heavy atom. The lowest BCUT2D eigenvalue weighted by atomic mass is 10.00. The minimum atomic E-state index is 0.160. The summed E-state index contributed by atoms with van der Waals surface area (Å²) in [7, 11) is 5.39. The number of ether oxygens (including phenoxy) is 1. The predicted octanol–water partition coefficient (Wildman–Crippen LogP) is 4.79. The van der Waals surface area contributed by atoms with E-state index in [1.807, 2.05) is 44.1 Å². The van der Waals surface area contributed by atoms with Gasteiger partial charge in [0.15, 0.2) is 5.65 Å². The summed E-state index contributed by atoms with van der Waals surface area (Å²) in [5.41, 5.74) is 7.20. The van der Waals surface area contributed by atoms with E-state index < -0.39 is 0 Å². The average Bonchev–Trinajstić information content (AvgIpc) is 3.48. The molecule has 0 saturated carbocycles. The van der Waals surface area contributed by atoms with Crippen LogP contribution >= 0.6 is 0 Å². The fourth-order valence-electron chi connectivity index (χ4n) is 4.74. The zero-order valence-corrected chi connectivity index (χ0v) is 22.0. The van der Waals surface area contributed by atoms with Crippen LogP contribution in [0.3, 0.4) is 0 Å². The molecule has 1 amide bonds. The summed E-state index contributed by atoms with van der Waals surface area (Å²) in [5.74, 6) is 0.738. The van der Waals surface area contributed by atoms with E-state index in [2.05, 4.69) is 40.4 Å². The first-order valence-corrected chi connectivity index (χ1v) is 12.6. The van der Waals surface area contributed by atoms with Gasteiger partial charge in [0.2, 0.25) is 11.8 Å². The Morgan fingerprint density at radius 3 is 2.64 bits per heavy atom. The lowest BCUT2D eigenvalue weighted by Crippen LogP contribution is -2.28. The third-order valence-electron chi connectivity index (χ3n) is 6.87. The third-order valence-corrected chi connectivity index (χ3v) is 6.87. The molecule has 36 heavy (non-hydrogen) atoms. The van der Waals surface area contributed by atoms with Crippen molar-refractivity contribution in [2.75, 3.05) is 20.7 Å². The first kappa shape index (κ1) is 25.4. The molecule has 3 heterocycles. The van der Waals surface area contributed by atoms with Crippen LogP contribution in [0.25, 0.3) is 22.3 Å². The van der Waals surface area contributed by atoms with E-state index in [1.54, 1.807) is 11.8 Å². The first-order valence-electron chi connectivity index (χ1n) is 12.6. The van der Waals surface area contributed by atoms with Gasteiger partial charge < -0.3 is 9.64 Å². The number of nitrogens with zero attached hydrogens (tertiary/aromatic N) is 5. The van der Waals surface area contributed by atoms with E-state index >= 15 is 0 Å². The van der Waals surface area contributed by atoms with Gasteiger partial charge in [-0.2, -0.15) is 5.10 Å². The van der Waals surface area contributed by atoms with Crippen molar-refractivity contribution in [1.29, 1.82) is 0 Å². The maximum Gasteiger partial charge on any atom is 0.242 e. The predicted molar refractivity (Wildman–Crippen MR) is 142 cm³/mol. The summed E-state index contributed by atoms with van der Waals surface area (Å²) in [4.78, 5) is 19.4. The Kier molecular flexibility index (Phi) is 8.03. The molecule has 0 aliphatic heterocycles. The molecule has 0 aliphatic carbocycles. The standard InChI is InChI=1S/C28H36N6O2/c1-19-23(20(2)29-27-26(19)28(36-5)32-34(27)4)15-16-25(35)33(3)17-11-7-10-14-22-18-24(31-30-22)21-12-8-6-9-13-21/h6,8-9,12-13,18H,7,10-11,14-17H2,1-5H3,(H,30,31). The van der Waals surface area contributed by atoms with Crippen LogP contribution in [0.15, 0.2) is 36.4 Å². The van der Waals surface area contributed by atoms with Gasteiger partial charge in [-0.05, 0) is 56.7 Å². The minimum Gasteiger partial charge on any atom is -0.479 e. The van der Waals surface area contributed by atoms with Gasteiger partial charge >= 0.3 is 0 Å². The number of hydrogen-bond donors (Lipinski definition) is 1. The number of methoxy groups -OCH3 is 1. The Bertz CT molecular complexity index is 1330. The second kappa shape index (κ2) is 11.4. The first-order chi connectivity index (χ1) is 17.4. The minimum absolute atomic E-state index is 0.160. The number of aromatic amines is 1. The number of pyridine rings is 1. The summed E-state index contributed by atoms with van der Waals surface area (Å²) in [6, 6.07) is 12.3. The number of amides is 1. The summed E-state index contributed by atoms with van der Waals surface area (Å²) in [5, 5.41) is 12.9. The quantitative estimate of drug-likeness (QED) is 0.307. The van der Waals surface area contributed by atoms with E-state index in [1.165, 1.54) is 0 Å². The number of hydrogen-bond acceptors (Lipinski definition) is 5. The van der Waals surface area contributed by atoms with Crippen LogP contribution in [0.4, 0.5) is 0 Å². The lowest BCUT2D eigenvalue weighted by molar-refractivity contribution is -0.129. The average molecular weight is 489 g/mol. The Hall–Kier alpha value is -3.68. The van der Waals surface area contributed by atoms with Gasteiger partial charge in [0, 0.05) is 44.0 Å². The van der Waals surface area contributed by atoms with Gasteiger partial charge in [-0.15, -0.1) is 5.10 Å². The molecule has 1 aromatic carbocycles. The van der Waals surface area contributed by atoms with Gasteiger partial charge in [-0.1, -0.05) is 36.8 Å². The molecule has 0 saturated heterocycles. The molecule has 0 bridgehead atoms. The number of aromatic nitrogens is 5. The molecule has 8 nitrogen and oxygen atoms in total. The highest BCUT2D eigenvalue weighted by Gasteiger charge is 2.19. The third kappa shape index (κ3) is 5.58. The molecule has 0 fully saturated rings. The molecule has 0 spiro atoms. The summed E-state index contributed by atoms with van der Waals surface area (Å²) in [6.45, 7) is 4.83. The van der Waals surface area contributed by atoms with Crippen molar-refractivity contribution >= 4 is 16.9 Å². The SMILES string of the molecule is COc1nn(C)c2nc(C)c(CCC(=O)N(C)CCCCCc3cc(-c4ccccc4)n[nH]3)c(C)c12. The van der Waals surface area contributed by atoms with Crippen LogP contribution in [-0.4, -0.2) is 56.5 Å². The molecule has 8 heteroatoms. The number of rotatable bonds is 11. The van der Waals surface area contributed by atoms with Crippen molar-refractivity contribution in [3.63, 3.8) is 0 Å². The van der Waals surface area contributed by atoms with Gasteiger partial charge in [0.05, 0.1) is 18.2 Å². The van der Waals surface area contributed by atoms with Crippen molar-refractivity contribution in [3.8, 4) is 17.1 Å². The summed E-state index contributed by atoms with van der Waals surface area (Å²) >= 11 is 0. The second-order valence-electron chi connectivity index (χ2n) is 9.40. The second-order valence-corrected chi connectivity index (χ2v) is 9.40. The number of carbonyl (C=O) groups excluding carboxylic acids is 1. The van der Waals surface area contributed by atoms with E-state index in [-0.39, 0.29) is 5.91 Å². The lowest BCUT2D eigenvalue weighted by Gasteiger charge is -2.18. The van der Waals surface area contributed by atoms with Gasteiger partial charge in [-0.3, -0.25) is 9.89 Å². The topological polar surface area (TPSA) is 88.9 Å². The molecule has 3 aromatic heterocycles. The molecule has 0 atom stereocenters. The van der Waals surface area contributed by atoms with Crippen molar-refractivity contribution in [1.82, 2.24) is 29.9 Å². The van der Waals surface area contributed by atoms with Crippen molar-refractivity contribution in [3.05, 3.63) is 58.9 Å². The van der Waals surface area contributed by atoms with Crippen LogP contribution < -0.4 is 4.74 Å². The number of benzene rings is 1. The van der Waals surface area contributed by atoms with Gasteiger partial charge in [0.1, 0.15) is 0 Å². The highest BCUT2D eigenvalue weighted by Crippen LogP contribution is 2.30. The van der Waals surface area contributed by atoms with Gasteiger partial charge in [0.25, 0.3) is 0 Å². The van der Waals surface area contributed by atoms with Crippen molar-refractivity contribution in [2.24, 2.45) is 7.05 Å². The largest absolute Gasteiger partial charge is 0.479 e. The van der Waals surface area contributed by atoms with Crippen LogP contribution in [-0.2, 0) is 24.7 Å². The fraction of sp³-hybridized carbons (Fsp3) is 0.429. The fourth-order valence-corrected chi connectivity index (χ4v) is 4.74. The molecule has 0 unspecified atom stereocenters. The van der Waals surface area contributed by atoms with E-state index in [0.29, 0.717) is 18.7 Å². The highest BCUT2D eigenvalue weighted by atomic mass is 16.5. The zero-order chi connectivity index (χ0) is 25.7. The molecule has 1 N–H and O–H groups in total. The maximum absolute atomic E-state index is 12.8. The summed E-state index contributed by atoms with van der Waals surface area (Å²) in [6.07, 6.45) is 5.20. The number of unbranched alkanes of at least 4 members (excludes halogenated alkanes) is 2. The molecule has 190 valence electrons. The zero-order valence-electron chi connectivity index (χ0n) is 22.0. The summed E-state index contributed by atoms with van der Waals surface area (Å²) < 4.78 is 7.19. The van der Waals surface area contributed by atoms with Crippen molar-refractivity contribution < 1.29 is 9.53 Å². The molecular formula is C28H36N6O2. The Morgan fingerprint density at radius 2 is 1.89 bits per heavy atom. The highest BCUT2D eigenvalue weighted by molar-refractivity contribution is 5.86. The number of fused-ring (bicyclic) bond motifs is 1. The molecule has 4 aromatic rings. The number of H-pyrrole nitrogens is 1.